The van der Waals surface area contributed by atoms with Crippen LogP contribution in [0.1, 0.15) is 49.1 Å². The second kappa shape index (κ2) is 6.35. The van der Waals surface area contributed by atoms with Gasteiger partial charge in [-0.3, -0.25) is 0 Å². The van der Waals surface area contributed by atoms with Crippen molar-refractivity contribution in [2.45, 2.75) is 38.0 Å². The van der Waals surface area contributed by atoms with Crippen molar-refractivity contribution in [3.63, 3.8) is 0 Å². The van der Waals surface area contributed by atoms with Gasteiger partial charge in [0.05, 0.1) is 0 Å². The van der Waals surface area contributed by atoms with E-state index in [-0.39, 0.29) is 0 Å². The van der Waals surface area contributed by atoms with Gasteiger partial charge in [-0.1, -0.05) is 31.2 Å². The molecule has 1 aromatic carbocycles. The first-order valence-corrected chi connectivity index (χ1v) is 7.19. The van der Waals surface area contributed by atoms with Crippen molar-refractivity contribution in [2.75, 3.05) is 26.7 Å². The molecule has 0 spiro atoms. The molecule has 1 aromatic rings. The molecule has 2 rings (SSSR count). The summed E-state index contributed by atoms with van der Waals surface area (Å²) in [5.41, 5.74) is 8.68. The maximum absolute atomic E-state index is 5.77. The maximum atomic E-state index is 5.77. The largest absolute Gasteiger partial charge is 0.330 e. The summed E-state index contributed by atoms with van der Waals surface area (Å²) in [5.74, 6) is 1.21. The fourth-order valence-electron chi connectivity index (χ4n) is 2.83. The highest BCUT2D eigenvalue weighted by Gasteiger charge is 2.17. The fraction of sp³-hybridized carbons (Fsp3) is 0.625. The van der Waals surface area contributed by atoms with E-state index in [4.69, 9.17) is 5.73 Å². The molecule has 1 heterocycles. The van der Waals surface area contributed by atoms with Gasteiger partial charge in [0, 0.05) is 0 Å². The molecule has 0 bridgehead atoms. The van der Waals surface area contributed by atoms with Crippen LogP contribution in [0.25, 0.3) is 0 Å². The van der Waals surface area contributed by atoms with Gasteiger partial charge < -0.3 is 10.6 Å². The summed E-state index contributed by atoms with van der Waals surface area (Å²) < 4.78 is 0. The summed E-state index contributed by atoms with van der Waals surface area (Å²) in [7, 11) is 2.23. The average molecular weight is 246 g/mol. The van der Waals surface area contributed by atoms with Gasteiger partial charge in [0.15, 0.2) is 0 Å². The highest BCUT2D eigenvalue weighted by molar-refractivity contribution is 5.29. The Balaban J connectivity index is 2.12. The van der Waals surface area contributed by atoms with Crippen LogP contribution in [0.15, 0.2) is 24.3 Å². The van der Waals surface area contributed by atoms with Crippen LogP contribution >= 0.6 is 0 Å². The summed E-state index contributed by atoms with van der Waals surface area (Å²) in [4.78, 5) is 2.45. The summed E-state index contributed by atoms with van der Waals surface area (Å²) in [6.07, 6.45) is 3.93. The van der Waals surface area contributed by atoms with Crippen LogP contribution < -0.4 is 5.73 Å². The molecule has 2 nitrogen and oxygen atoms in total. The molecule has 2 atom stereocenters. The van der Waals surface area contributed by atoms with E-state index in [0.29, 0.717) is 5.92 Å². The normalized spacial score (nSPS) is 23.6. The first-order chi connectivity index (χ1) is 8.70. The third-order valence-corrected chi connectivity index (χ3v) is 4.26. The van der Waals surface area contributed by atoms with Crippen LogP contribution in [0.2, 0.25) is 0 Å². The summed E-state index contributed by atoms with van der Waals surface area (Å²) in [6, 6.07) is 9.09. The number of likely N-dealkylation sites (tertiary alicyclic amines) is 1. The molecular weight excluding hydrogens is 220 g/mol. The Kier molecular flexibility index (Phi) is 4.79. The lowest BCUT2D eigenvalue weighted by atomic mass is 9.89. The van der Waals surface area contributed by atoms with Crippen molar-refractivity contribution in [1.82, 2.24) is 4.90 Å². The SMILES string of the molecule is CC(CN)c1cccc(C2CCCN(C)CC2)c1. The molecule has 2 heteroatoms. The van der Waals surface area contributed by atoms with E-state index in [1.165, 1.54) is 43.5 Å². The van der Waals surface area contributed by atoms with Crippen LogP contribution in [0.3, 0.4) is 0 Å². The second-order valence-corrected chi connectivity index (χ2v) is 5.74. The lowest BCUT2D eigenvalue weighted by molar-refractivity contribution is 0.347. The van der Waals surface area contributed by atoms with Crippen LogP contribution in [0.5, 0.6) is 0 Å². The van der Waals surface area contributed by atoms with Crippen molar-refractivity contribution in [3.05, 3.63) is 35.4 Å². The first kappa shape index (κ1) is 13.6. The molecule has 2 unspecified atom stereocenters. The van der Waals surface area contributed by atoms with E-state index in [2.05, 4.69) is 43.1 Å². The van der Waals surface area contributed by atoms with E-state index < -0.39 is 0 Å². The van der Waals surface area contributed by atoms with Crippen LogP contribution in [-0.4, -0.2) is 31.6 Å². The molecule has 18 heavy (non-hydrogen) atoms. The van der Waals surface area contributed by atoms with E-state index in [1.807, 2.05) is 0 Å². The number of hydrogen-bond donors (Lipinski definition) is 1. The monoisotopic (exact) mass is 246 g/mol. The molecule has 1 fully saturated rings. The molecular formula is C16H26N2. The molecule has 100 valence electrons. The van der Waals surface area contributed by atoms with Gasteiger partial charge >= 0.3 is 0 Å². The number of hydrogen-bond acceptors (Lipinski definition) is 2. The minimum atomic E-state index is 0.471. The highest BCUT2D eigenvalue weighted by Crippen LogP contribution is 2.29. The van der Waals surface area contributed by atoms with Crippen molar-refractivity contribution < 1.29 is 0 Å². The van der Waals surface area contributed by atoms with Crippen molar-refractivity contribution in [2.24, 2.45) is 5.73 Å². The molecule has 1 saturated heterocycles. The lowest BCUT2D eigenvalue weighted by Crippen LogP contribution is -2.18. The van der Waals surface area contributed by atoms with Gasteiger partial charge in [-0.2, -0.15) is 0 Å². The van der Waals surface area contributed by atoms with Crippen molar-refractivity contribution in [1.29, 1.82) is 0 Å². The zero-order valence-electron chi connectivity index (χ0n) is 11.7. The van der Waals surface area contributed by atoms with Crippen LogP contribution in [0, 0.1) is 0 Å². The molecule has 0 saturated carbocycles. The topological polar surface area (TPSA) is 29.3 Å². The zero-order valence-corrected chi connectivity index (χ0v) is 11.7. The Morgan fingerprint density at radius 3 is 2.94 bits per heavy atom. The molecule has 0 aliphatic carbocycles. The third kappa shape index (κ3) is 3.33. The standard InChI is InChI=1S/C16H26N2/c1-13(12-17)15-5-3-6-16(11-15)14-7-4-9-18(2)10-8-14/h3,5-6,11,13-14H,4,7-10,12,17H2,1-2H3. The van der Waals surface area contributed by atoms with E-state index in [1.54, 1.807) is 0 Å². The van der Waals surface area contributed by atoms with Gasteiger partial charge in [-0.05, 0) is 68.9 Å². The lowest BCUT2D eigenvalue weighted by Gasteiger charge is -2.17. The summed E-state index contributed by atoms with van der Waals surface area (Å²) >= 11 is 0. The maximum Gasteiger partial charge on any atom is -0.00109 e. The van der Waals surface area contributed by atoms with E-state index in [0.717, 1.165) is 12.5 Å². The smallest absolute Gasteiger partial charge is 0.00109 e. The van der Waals surface area contributed by atoms with Crippen LogP contribution in [0.4, 0.5) is 0 Å². The molecule has 2 N–H and O–H groups in total. The van der Waals surface area contributed by atoms with Gasteiger partial charge in [0.1, 0.15) is 0 Å². The van der Waals surface area contributed by atoms with E-state index in [9.17, 15) is 0 Å². The Bertz CT molecular complexity index is 375. The second-order valence-electron chi connectivity index (χ2n) is 5.74. The van der Waals surface area contributed by atoms with Crippen molar-refractivity contribution in [3.8, 4) is 0 Å². The molecule has 0 amide bonds. The molecule has 1 aliphatic rings. The van der Waals surface area contributed by atoms with Gasteiger partial charge in [-0.15, -0.1) is 0 Å². The van der Waals surface area contributed by atoms with Crippen LogP contribution in [-0.2, 0) is 0 Å². The number of nitrogens with two attached hydrogens (primary N) is 1. The first-order valence-electron chi connectivity index (χ1n) is 7.19. The highest BCUT2D eigenvalue weighted by atomic mass is 15.1. The predicted molar refractivity (Wildman–Crippen MR) is 78.0 cm³/mol. The third-order valence-electron chi connectivity index (χ3n) is 4.26. The number of benzene rings is 1. The predicted octanol–water partition coefficient (Wildman–Crippen LogP) is 2.95. The minimum Gasteiger partial charge on any atom is -0.330 e. The summed E-state index contributed by atoms with van der Waals surface area (Å²) in [5, 5.41) is 0. The van der Waals surface area contributed by atoms with Crippen molar-refractivity contribution >= 4 is 0 Å². The minimum absolute atomic E-state index is 0.471. The molecule has 0 aromatic heterocycles. The zero-order chi connectivity index (χ0) is 13.0. The Morgan fingerprint density at radius 1 is 1.33 bits per heavy atom. The molecule has 1 aliphatic heterocycles. The fourth-order valence-corrected chi connectivity index (χ4v) is 2.83. The van der Waals surface area contributed by atoms with Gasteiger partial charge in [-0.25, -0.2) is 0 Å². The number of nitrogens with zero attached hydrogens (tertiary/aromatic N) is 1. The Morgan fingerprint density at radius 2 is 2.17 bits per heavy atom. The average Bonchev–Trinajstić information content (AvgIpc) is 2.63. The Labute approximate surface area is 111 Å². The molecule has 0 radical (unpaired) electrons. The summed E-state index contributed by atoms with van der Waals surface area (Å²) in [6.45, 7) is 5.41. The van der Waals surface area contributed by atoms with Gasteiger partial charge in [0.2, 0.25) is 0 Å². The van der Waals surface area contributed by atoms with Gasteiger partial charge in [0.25, 0.3) is 0 Å². The van der Waals surface area contributed by atoms with E-state index >= 15 is 0 Å². The Hall–Kier alpha value is -0.860. The quantitative estimate of drug-likeness (QED) is 0.888. The number of rotatable bonds is 3.